The Bertz CT molecular complexity index is 548. The van der Waals surface area contributed by atoms with E-state index in [0.29, 0.717) is 5.69 Å². The third-order valence-corrected chi connectivity index (χ3v) is 3.86. The van der Waals surface area contributed by atoms with E-state index in [-0.39, 0.29) is 0 Å². The van der Waals surface area contributed by atoms with Crippen LogP contribution in [0.2, 0.25) is 0 Å². The van der Waals surface area contributed by atoms with Gasteiger partial charge in [0.1, 0.15) is 11.9 Å². The molecule has 2 heterocycles. The molecular formula is C10H8BrN3S. The van der Waals surface area contributed by atoms with Gasteiger partial charge in [-0.05, 0) is 35.0 Å². The van der Waals surface area contributed by atoms with Crippen LogP contribution in [0.1, 0.15) is 11.5 Å². The summed E-state index contributed by atoms with van der Waals surface area (Å²) >= 11 is 5.02. The Labute approximate surface area is 100 Å². The Morgan fingerprint density at radius 3 is 2.80 bits per heavy atom. The minimum Gasteiger partial charge on any atom is -0.330 e. The minimum atomic E-state index is 0.490. The molecular weight excluding hydrogens is 274 g/mol. The van der Waals surface area contributed by atoms with Gasteiger partial charge in [-0.3, -0.25) is 0 Å². The molecule has 0 N–H and O–H groups in total. The molecule has 0 spiro atoms. The van der Waals surface area contributed by atoms with E-state index >= 15 is 0 Å². The average molecular weight is 282 g/mol. The summed E-state index contributed by atoms with van der Waals surface area (Å²) in [6.07, 6.45) is 0. The number of thiophene rings is 1. The first-order valence-corrected chi connectivity index (χ1v) is 5.93. The van der Waals surface area contributed by atoms with Gasteiger partial charge < -0.3 is 4.57 Å². The molecule has 0 amide bonds. The second-order valence-electron chi connectivity index (χ2n) is 3.13. The van der Waals surface area contributed by atoms with Crippen LogP contribution in [0.4, 0.5) is 0 Å². The molecule has 2 aromatic heterocycles. The van der Waals surface area contributed by atoms with Gasteiger partial charge >= 0.3 is 0 Å². The van der Waals surface area contributed by atoms with Crippen molar-refractivity contribution in [1.82, 2.24) is 9.55 Å². The molecule has 0 aliphatic heterocycles. The topological polar surface area (TPSA) is 41.6 Å². The number of imidazole rings is 1. The van der Waals surface area contributed by atoms with Crippen molar-refractivity contribution in [2.75, 3.05) is 0 Å². The first-order valence-electron chi connectivity index (χ1n) is 4.32. The molecule has 0 bridgehead atoms. The predicted molar refractivity (Wildman–Crippen MR) is 63.7 cm³/mol. The first-order chi connectivity index (χ1) is 7.13. The van der Waals surface area contributed by atoms with E-state index < -0.39 is 0 Å². The molecule has 5 heteroatoms. The van der Waals surface area contributed by atoms with Crippen LogP contribution >= 0.6 is 27.3 Å². The smallest absolute Gasteiger partial charge is 0.167 e. The third-order valence-electron chi connectivity index (χ3n) is 2.23. The molecule has 0 aliphatic carbocycles. The van der Waals surface area contributed by atoms with Gasteiger partial charge in [-0.1, -0.05) is 0 Å². The maximum atomic E-state index is 8.99. The van der Waals surface area contributed by atoms with Gasteiger partial charge in [0, 0.05) is 7.05 Å². The Morgan fingerprint density at radius 2 is 2.27 bits per heavy atom. The standard InChI is InChI=1S/C10H8BrN3S/c1-6-13-7(5-12)10(14(6)2)8-3-4-9(11)15-8/h3-4H,1-2H3. The van der Waals surface area contributed by atoms with E-state index in [1.54, 1.807) is 11.3 Å². The van der Waals surface area contributed by atoms with Crippen LogP contribution in [0, 0.1) is 18.3 Å². The zero-order valence-corrected chi connectivity index (χ0v) is 10.7. The largest absolute Gasteiger partial charge is 0.330 e. The second kappa shape index (κ2) is 3.80. The van der Waals surface area contributed by atoms with Crippen molar-refractivity contribution in [2.24, 2.45) is 7.05 Å². The number of nitriles is 1. The quantitative estimate of drug-likeness (QED) is 0.806. The molecule has 0 aromatic carbocycles. The molecule has 0 unspecified atom stereocenters. The van der Waals surface area contributed by atoms with Gasteiger partial charge in [0.2, 0.25) is 0 Å². The van der Waals surface area contributed by atoms with Crippen molar-refractivity contribution in [1.29, 1.82) is 5.26 Å². The van der Waals surface area contributed by atoms with E-state index in [9.17, 15) is 0 Å². The Morgan fingerprint density at radius 1 is 1.53 bits per heavy atom. The Hall–Kier alpha value is -1.12. The zero-order valence-electron chi connectivity index (χ0n) is 8.28. The van der Waals surface area contributed by atoms with Crippen molar-refractivity contribution < 1.29 is 0 Å². The SMILES string of the molecule is Cc1nc(C#N)c(-c2ccc(Br)s2)n1C. The fraction of sp³-hybridized carbons (Fsp3) is 0.200. The first kappa shape index (κ1) is 10.4. The summed E-state index contributed by atoms with van der Waals surface area (Å²) in [7, 11) is 1.92. The highest BCUT2D eigenvalue weighted by molar-refractivity contribution is 9.11. The molecule has 0 saturated carbocycles. The minimum absolute atomic E-state index is 0.490. The van der Waals surface area contributed by atoms with Crippen LogP contribution in [0.25, 0.3) is 10.6 Å². The van der Waals surface area contributed by atoms with Crippen LogP contribution < -0.4 is 0 Å². The van der Waals surface area contributed by atoms with Gasteiger partial charge in [0.05, 0.1) is 14.4 Å². The Kier molecular flexibility index (Phi) is 2.63. The lowest BCUT2D eigenvalue weighted by Crippen LogP contribution is -1.93. The highest BCUT2D eigenvalue weighted by Crippen LogP contribution is 2.33. The van der Waals surface area contributed by atoms with Crippen LogP contribution in [0.5, 0.6) is 0 Å². The van der Waals surface area contributed by atoms with E-state index in [2.05, 4.69) is 27.0 Å². The number of aromatic nitrogens is 2. The number of rotatable bonds is 1. The average Bonchev–Trinajstić information content (AvgIpc) is 2.73. The second-order valence-corrected chi connectivity index (χ2v) is 5.59. The predicted octanol–water partition coefficient (Wildman–Crippen LogP) is 3.09. The highest BCUT2D eigenvalue weighted by Gasteiger charge is 2.15. The van der Waals surface area contributed by atoms with Crippen molar-refractivity contribution in [3.8, 4) is 16.6 Å². The highest BCUT2D eigenvalue weighted by atomic mass is 79.9. The summed E-state index contributed by atoms with van der Waals surface area (Å²) in [6, 6.07) is 6.09. The molecule has 2 aromatic rings. The maximum absolute atomic E-state index is 8.99. The van der Waals surface area contributed by atoms with Crippen molar-refractivity contribution in [3.05, 3.63) is 27.4 Å². The van der Waals surface area contributed by atoms with E-state index in [0.717, 1.165) is 20.2 Å². The molecule has 0 aliphatic rings. The van der Waals surface area contributed by atoms with E-state index in [1.165, 1.54) is 0 Å². The molecule has 0 radical (unpaired) electrons. The fourth-order valence-electron chi connectivity index (χ4n) is 1.41. The third kappa shape index (κ3) is 1.71. The lowest BCUT2D eigenvalue weighted by atomic mass is 10.3. The molecule has 3 nitrogen and oxygen atoms in total. The zero-order chi connectivity index (χ0) is 11.0. The van der Waals surface area contributed by atoms with Crippen LogP contribution in [-0.4, -0.2) is 9.55 Å². The summed E-state index contributed by atoms with van der Waals surface area (Å²) in [6.45, 7) is 1.90. The van der Waals surface area contributed by atoms with Gasteiger partial charge in [-0.2, -0.15) is 5.26 Å². The van der Waals surface area contributed by atoms with Gasteiger partial charge in [-0.15, -0.1) is 11.3 Å². The summed E-state index contributed by atoms with van der Waals surface area (Å²) in [5, 5.41) is 8.99. The summed E-state index contributed by atoms with van der Waals surface area (Å²) < 4.78 is 3.00. The molecule has 15 heavy (non-hydrogen) atoms. The Balaban J connectivity index is 2.67. The lowest BCUT2D eigenvalue weighted by Gasteiger charge is -2.00. The normalized spacial score (nSPS) is 10.3. The summed E-state index contributed by atoms with van der Waals surface area (Å²) in [5.41, 5.74) is 1.38. The number of hydrogen-bond donors (Lipinski definition) is 0. The molecule has 2 rings (SSSR count). The van der Waals surface area contributed by atoms with Crippen molar-refractivity contribution in [2.45, 2.75) is 6.92 Å². The molecule has 0 saturated heterocycles. The molecule has 76 valence electrons. The number of aryl methyl sites for hydroxylation is 1. The number of halogens is 1. The number of nitrogens with zero attached hydrogens (tertiary/aromatic N) is 3. The van der Waals surface area contributed by atoms with Crippen molar-refractivity contribution in [3.63, 3.8) is 0 Å². The van der Waals surface area contributed by atoms with Gasteiger partial charge in [0.15, 0.2) is 5.69 Å². The van der Waals surface area contributed by atoms with Gasteiger partial charge in [-0.25, -0.2) is 4.98 Å². The lowest BCUT2D eigenvalue weighted by molar-refractivity contribution is 0.866. The monoisotopic (exact) mass is 281 g/mol. The summed E-state index contributed by atoms with van der Waals surface area (Å²) in [5.74, 6) is 0.853. The van der Waals surface area contributed by atoms with Crippen LogP contribution in [0.15, 0.2) is 15.9 Å². The van der Waals surface area contributed by atoms with Gasteiger partial charge in [0.25, 0.3) is 0 Å². The van der Waals surface area contributed by atoms with E-state index in [1.807, 2.05) is 30.7 Å². The summed E-state index contributed by atoms with van der Waals surface area (Å²) in [4.78, 5) is 5.26. The van der Waals surface area contributed by atoms with Crippen LogP contribution in [0.3, 0.4) is 0 Å². The number of hydrogen-bond acceptors (Lipinski definition) is 3. The van der Waals surface area contributed by atoms with E-state index in [4.69, 9.17) is 5.26 Å². The van der Waals surface area contributed by atoms with Crippen LogP contribution in [-0.2, 0) is 7.05 Å². The molecule has 0 fully saturated rings. The fourth-order valence-corrected chi connectivity index (χ4v) is 2.88. The maximum Gasteiger partial charge on any atom is 0.167 e. The van der Waals surface area contributed by atoms with Crippen molar-refractivity contribution >= 4 is 27.3 Å². The molecule has 0 atom stereocenters.